The van der Waals surface area contributed by atoms with Crippen LogP contribution in [-0.4, -0.2) is 39.3 Å². The summed E-state index contributed by atoms with van der Waals surface area (Å²) in [6, 6.07) is 0. The van der Waals surface area contributed by atoms with Crippen molar-refractivity contribution in [2.24, 2.45) is 5.92 Å². The maximum absolute atomic E-state index is 9.56. The molecule has 0 spiro atoms. The average molecular weight is 253 g/mol. The molecule has 2 heterocycles. The highest BCUT2D eigenvalue weighted by molar-refractivity contribution is 4.88. The third-order valence-corrected chi connectivity index (χ3v) is 3.61. The number of unbranched alkanes of at least 4 members (excludes halogenated alkanes) is 1. The summed E-state index contributed by atoms with van der Waals surface area (Å²) in [5.74, 6) is 1.90. The Morgan fingerprint density at radius 1 is 1.56 bits per heavy atom. The van der Waals surface area contributed by atoms with Crippen molar-refractivity contribution in [2.45, 2.75) is 52.2 Å². The molecule has 2 atom stereocenters. The van der Waals surface area contributed by atoms with Gasteiger partial charge in [-0.15, -0.1) is 0 Å². The van der Waals surface area contributed by atoms with Crippen molar-refractivity contribution in [3.8, 4) is 0 Å². The SMILES string of the molecule is CCCCc1noc(CN2CCC(C(C)O)C2)n1. The highest BCUT2D eigenvalue weighted by Crippen LogP contribution is 2.21. The van der Waals surface area contributed by atoms with Gasteiger partial charge in [0.2, 0.25) is 5.89 Å². The average Bonchev–Trinajstić information content (AvgIpc) is 2.96. The minimum atomic E-state index is -0.224. The zero-order valence-electron chi connectivity index (χ0n) is 11.3. The first kappa shape index (κ1) is 13.5. The Kier molecular flexibility index (Phi) is 4.72. The van der Waals surface area contributed by atoms with E-state index in [-0.39, 0.29) is 6.10 Å². The molecule has 5 nitrogen and oxygen atoms in total. The van der Waals surface area contributed by atoms with Crippen molar-refractivity contribution in [2.75, 3.05) is 13.1 Å². The van der Waals surface area contributed by atoms with Gasteiger partial charge in [0.25, 0.3) is 0 Å². The molecule has 0 aromatic carbocycles. The van der Waals surface area contributed by atoms with Gasteiger partial charge in [-0.2, -0.15) is 4.98 Å². The zero-order chi connectivity index (χ0) is 13.0. The summed E-state index contributed by atoms with van der Waals surface area (Å²) >= 11 is 0. The van der Waals surface area contributed by atoms with Gasteiger partial charge in [0.1, 0.15) is 0 Å². The molecule has 1 aliphatic rings. The molecule has 1 aromatic rings. The molecule has 1 aliphatic heterocycles. The van der Waals surface area contributed by atoms with E-state index in [0.29, 0.717) is 18.4 Å². The van der Waals surface area contributed by atoms with Crippen molar-refractivity contribution in [1.29, 1.82) is 0 Å². The Morgan fingerprint density at radius 2 is 2.39 bits per heavy atom. The summed E-state index contributed by atoms with van der Waals surface area (Å²) in [4.78, 5) is 6.67. The van der Waals surface area contributed by atoms with Crippen molar-refractivity contribution < 1.29 is 9.63 Å². The minimum absolute atomic E-state index is 0.224. The van der Waals surface area contributed by atoms with E-state index >= 15 is 0 Å². The lowest BCUT2D eigenvalue weighted by atomic mass is 10.0. The van der Waals surface area contributed by atoms with Crippen LogP contribution in [0.15, 0.2) is 4.52 Å². The van der Waals surface area contributed by atoms with E-state index in [4.69, 9.17) is 4.52 Å². The lowest BCUT2D eigenvalue weighted by Crippen LogP contribution is -2.24. The third-order valence-electron chi connectivity index (χ3n) is 3.61. The molecule has 2 unspecified atom stereocenters. The van der Waals surface area contributed by atoms with E-state index in [0.717, 1.165) is 44.6 Å². The Hall–Kier alpha value is -0.940. The largest absolute Gasteiger partial charge is 0.393 e. The number of likely N-dealkylation sites (tertiary alicyclic amines) is 1. The molecule has 0 bridgehead atoms. The minimum Gasteiger partial charge on any atom is -0.393 e. The maximum atomic E-state index is 9.56. The number of hydrogen-bond donors (Lipinski definition) is 1. The normalized spacial score (nSPS) is 22.5. The fourth-order valence-electron chi connectivity index (χ4n) is 2.38. The van der Waals surface area contributed by atoms with Gasteiger partial charge in [0.15, 0.2) is 5.82 Å². The van der Waals surface area contributed by atoms with Crippen LogP contribution < -0.4 is 0 Å². The van der Waals surface area contributed by atoms with Gasteiger partial charge >= 0.3 is 0 Å². The topological polar surface area (TPSA) is 62.4 Å². The van der Waals surface area contributed by atoms with Gasteiger partial charge in [-0.05, 0) is 32.2 Å². The molecule has 1 fully saturated rings. The van der Waals surface area contributed by atoms with Crippen LogP contribution in [0.25, 0.3) is 0 Å². The molecular weight excluding hydrogens is 230 g/mol. The highest BCUT2D eigenvalue weighted by atomic mass is 16.5. The van der Waals surface area contributed by atoms with Crippen LogP contribution >= 0.6 is 0 Å². The Morgan fingerprint density at radius 3 is 3.06 bits per heavy atom. The zero-order valence-corrected chi connectivity index (χ0v) is 11.3. The fourth-order valence-corrected chi connectivity index (χ4v) is 2.38. The first-order valence-corrected chi connectivity index (χ1v) is 6.91. The summed E-state index contributed by atoms with van der Waals surface area (Å²) in [5.41, 5.74) is 0. The second kappa shape index (κ2) is 6.29. The van der Waals surface area contributed by atoms with Crippen LogP contribution in [0.3, 0.4) is 0 Å². The van der Waals surface area contributed by atoms with Crippen molar-refractivity contribution in [3.05, 3.63) is 11.7 Å². The molecule has 2 rings (SSSR count). The molecule has 0 amide bonds. The summed E-state index contributed by atoms with van der Waals surface area (Å²) < 4.78 is 5.25. The fraction of sp³-hybridized carbons (Fsp3) is 0.846. The number of rotatable bonds is 6. The van der Waals surface area contributed by atoms with Gasteiger partial charge in [0.05, 0.1) is 12.6 Å². The summed E-state index contributed by atoms with van der Waals surface area (Å²) in [6.07, 6.45) is 3.97. The molecule has 18 heavy (non-hydrogen) atoms. The summed E-state index contributed by atoms with van der Waals surface area (Å²) in [5, 5.41) is 13.5. The maximum Gasteiger partial charge on any atom is 0.240 e. The van der Waals surface area contributed by atoms with Crippen LogP contribution in [0.5, 0.6) is 0 Å². The van der Waals surface area contributed by atoms with E-state index in [1.807, 2.05) is 6.92 Å². The van der Waals surface area contributed by atoms with Gasteiger partial charge in [0, 0.05) is 13.0 Å². The smallest absolute Gasteiger partial charge is 0.240 e. The molecule has 1 N–H and O–H groups in total. The van der Waals surface area contributed by atoms with Gasteiger partial charge in [-0.1, -0.05) is 18.5 Å². The summed E-state index contributed by atoms with van der Waals surface area (Å²) in [7, 11) is 0. The standard InChI is InChI=1S/C13H23N3O2/c1-3-4-5-12-14-13(18-15-12)9-16-7-6-11(8-16)10(2)17/h10-11,17H,3-9H2,1-2H3. The predicted octanol–water partition coefficient (Wildman–Crippen LogP) is 1.61. The van der Waals surface area contributed by atoms with E-state index in [2.05, 4.69) is 22.0 Å². The molecule has 102 valence electrons. The van der Waals surface area contributed by atoms with Crippen LogP contribution in [0, 0.1) is 5.92 Å². The number of aryl methyl sites for hydroxylation is 1. The van der Waals surface area contributed by atoms with Crippen molar-refractivity contribution in [3.63, 3.8) is 0 Å². The number of nitrogens with zero attached hydrogens (tertiary/aromatic N) is 3. The predicted molar refractivity (Wildman–Crippen MR) is 68.0 cm³/mol. The molecule has 0 saturated carbocycles. The second-order valence-corrected chi connectivity index (χ2v) is 5.23. The Balaban J connectivity index is 1.81. The highest BCUT2D eigenvalue weighted by Gasteiger charge is 2.26. The number of aliphatic hydroxyl groups is 1. The Bertz CT molecular complexity index is 365. The van der Waals surface area contributed by atoms with Crippen LogP contribution in [0.4, 0.5) is 0 Å². The Labute approximate surface area is 108 Å². The number of aliphatic hydroxyl groups excluding tert-OH is 1. The lowest BCUT2D eigenvalue weighted by Gasteiger charge is -2.15. The molecule has 1 saturated heterocycles. The van der Waals surface area contributed by atoms with E-state index < -0.39 is 0 Å². The van der Waals surface area contributed by atoms with Crippen molar-refractivity contribution in [1.82, 2.24) is 15.0 Å². The first-order valence-electron chi connectivity index (χ1n) is 6.91. The first-order chi connectivity index (χ1) is 8.69. The van der Waals surface area contributed by atoms with Gasteiger partial charge in [-0.3, -0.25) is 4.90 Å². The summed E-state index contributed by atoms with van der Waals surface area (Å²) in [6.45, 7) is 6.65. The van der Waals surface area contributed by atoms with E-state index in [1.165, 1.54) is 0 Å². The van der Waals surface area contributed by atoms with E-state index in [9.17, 15) is 5.11 Å². The van der Waals surface area contributed by atoms with Crippen LogP contribution in [-0.2, 0) is 13.0 Å². The molecule has 0 radical (unpaired) electrons. The van der Waals surface area contributed by atoms with Crippen molar-refractivity contribution >= 4 is 0 Å². The number of aromatic nitrogens is 2. The van der Waals surface area contributed by atoms with Crippen LogP contribution in [0.1, 0.15) is 44.8 Å². The molecule has 0 aliphatic carbocycles. The quantitative estimate of drug-likeness (QED) is 0.834. The monoisotopic (exact) mass is 253 g/mol. The van der Waals surface area contributed by atoms with Gasteiger partial charge in [-0.25, -0.2) is 0 Å². The van der Waals surface area contributed by atoms with Crippen LogP contribution in [0.2, 0.25) is 0 Å². The second-order valence-electron chi connectivity index (χ2n) is 5.23. The van der Waals surface area contributed by atoms with Gasteiger partial charge < -0.3 is 9.63 Å². The van der Waals surface area contributed by atoms with E-state index in [1.54, 1.807) is 0 Å². The lowest BCUT2D eigenvalue weighted by molar-refractivity contribution is 0.125. The molecule has 5 heteroatoms. The number of hydrogen-bond acceptors (Lipinski definition) is 5. The molecular formula is C13H23N3O2. The third kappa shape index (κ3) is 3.53. The molecule has 1 aromatic heterocycles.